The van der Waals surface area contributed by atoms with Crippen molar-refractivity contribution in [1.82, 2.24) is 5.32 Å². The zero-order valence-corrected chi connectivity index (χ0v) is 14.3. The van der Waals surface area contributed by atoms with Crippen LogP contribution in [0.5, 0.6) is 0 Å². The maximum atomic E-state index is 12.3. The summed E-state index contributed by atoms with van der Waals surface area (Å²) < 4.78 is 0. The fraction of sp³-hybridized carbons (Fsp3) is 0.300. The monoisotopic (exact) mass is 324 g/mol. The molecule has 0 aliphatic heterocycles. The summed E-state index contributed by atoms with van der Waals surface area (Å²) in [5.41, 5.74) is 3.11. The van der Waals surface area contributed by atoms with Crippen molar-refractivity contribution >= 4 is 17.5 Å². The third kappa shape index (κ3) is 4.95. The van der Waals surface area contributed by atoms with Gasteiger partial charge in [0.05, 0.1) is 17.7 Å². The highest BCUT2D eigenvalue weighted by molar-refractivity contribution is 6.04. The Labute approximate surface area is 143 Å². The highest BCUT2D eigenvalue weighted by Gasteiger charge is 2.13. The Hall–Kier alpha value is -2.62. The molecule has 0 bridgehead atoms. The summed E-state index contributed by atoms with van der Waals surface area (Å²) in [7, 11) is 0. The lowest BCUT2D eigenvalue weighted by Gasteiger charge is -2.12. The molecule has 0 heterocycles. The highest BCUT2D eigenvalue weighted by atomic mass is 16.2. The Kier molecular flexibility index (Phi) is 6.55. The second-order valence-corrected chi connectivity index (χ2v) is 5.81. The summed E-state index contributed by atoms with van der Waals surface area (Å²) in [5, 5.41) is 5.74. The van der Waals surface area contributed by atoms with Gasteiger partial charge >= 0.3 is 0 Å². The van der Waals surface area contributed by atoms with Crippen molar-refractivity contribution in [1.29, 1.82) is 0 Å². The van der Waals surface area contributed by atoms with E-state index in [2.05, 4.69) is 17.6 Å². The standard InChI is InChI=1S/C20H24N2O2/c1-3-4-13-21-20(24)17-11-7-8-12-18(17)22-19(23)14-16-10-6-5-9-15(16)2/h5-12H,3-4,13-14H2,1-2H3,(H,21,24)(H,22,23). The predicted molar refractivity (Wildman–Crippen MR) is 97.2 cm³/mol. The van der Waals surface area contributed by atoms with Crippen LogP contribution in [0.1, 0.15) is 41.3 Å². The van der Waals surface area contributed by atoms with Gasteiger partial charge in [0.25, 0.3) is 5.91 Å². The lowest BCUT2D eigenvalue weighted by atomic mass is 10.1. The summed E-state index contributed by atoms with van der Waals surface area (Å²) in [6.45, 7) is 4.70. The maximum Gasteiger partial charge on any atom is 0.253 e. The molecule has 0 spiro atoms. The zero-order valence-electron chi connectivity index (χ0n) is 14.3. The van der Waals surface area contributed by atoms with E-state index in [4.69, 9.17) is 0 Å². The molecule has 0 aliphatic carbocycles. The molecule has 24 heavy (non-hydrogen) atoms. The summed E-state index contributed by atoms with van der Waals surface area (Å²) in [5.74, 6) is -0.284. The number of rotatable bonds is 7. The molecule has 0 fully saturated rings. The highest BCUT2D eigenvalue weighted by Crippen LogP contribution is 2.16. The van der Waals surface area contributed by atoms with E-state index in [1.54, 1.807) is 18.2 Å². The number of aryl methyl sites for hydroxylation is 1. The van der Waals surface area contributed by atoms with Crippen molar-refractivity contribution in [2.24, 2.45) is 0 Å². The molecule has 2 rings (SSSR count). The van der Waals surface area contributed by atoms with Crippen LogP contribution in [0, 0.1) is 6.92 Å². The van der Waals surface area contributed by atoms with Gasteiger partial charge in [-0.2, -0.15) is 0 Å². The van der Waals surface area contributed by atoms with Crippen LogP contribution in [0.25, 0.3) is 0 Å². The van der Waals surface area contributed by atoms with Crippen LogP contribution in [0.2, 0.25) is 0 Å². The van der Waals surface area contributed by atoms with Crippen LogP contribution in [-0.2, 0) is 11.2 Å². The Morgan fingerprint density at radius 3 is 2.46 bits per heavy atom. The Bertz CT molecular complexity index is 710. The number of hydrogen-bond acceptors (Lipinski definition) is 2. The van der Waals surface area contributed by atoms with E-state index in [-0.39, 0.29) is 11.8 Å². The molecule has 0 saturated heterocycles. The van der Waals surface area contributed by atoms with Gasteiger partial charge in [0.2, 0.25) is 5.91 Å². The molecule has 4 heteroatoms. The first kappa shape index (κ1) is 17.7. The summed E-state index contributed by atoms with van der Waals surface area (Å²) in [6.07, 6.45) is 2.25. The average molecular weight is 324 g/mol. The first-order chi connectivity index (χ1) is 11.6. The van der Waals surface area contributed by atoms with Gasteiger partial charge in [-0.25, -0.2) is 0 Å². The third-order valence-electron chi connectivity index (χ3n) is 3.87. The van der Waals surface area contributed by atoms with E-state index in [1.165, 1.54) is 0 Å². The summed E-state index contributed by atoms with van der Waals surface area (Å²) in [4.78, 5) is 24.6. The van der Waals surface area contributed by atoms with Gasteiger partial charge in [0, 0.05) is 6.54 Å². The van der Waals surface area contributed by atoms with E-state index in [9.17, 15) is 9.59 Å². The molecule has 0 atom stereocenters. The van der Waals surface area contributed by atoms with Crippen molar-refractivity contribution < 1.29 is 9.59 Å². The minimum atomic E-state index is -0.157. The van der Waals surface area contributed by atoms with E-state index in [0.717, 1.165) is 24.0 Å². The van der Waals surface area contributed by atoms with Crippen molar-refractivity contribution in [2.45, 2.75) is 33.1 Å². The lowest BCUT2D eigenvalue weighted by Crippen LogP contribution is -2.26. The van der Waals surface area contributed by atoms with Gasteiger partial charge in [0.15, 0.2) is 0 Å². The third-order valence-corrected chi connectivity index (χ3v) is 3.87. The molecule has 0 saturated carbocycles. The van der Waals surface area contributed by atoms with Crippen LogP contribution < -0.4 is 10.6 Å². The van der Waals surface area contributed by atoms with E-state index < -0.39 is 0 Å². The van der Waals surface area contributed by atoms with Gasteiger partial charge < -0.3 is 10.6 Å². The molecule has 0 radical (unpaired) electrons. The first-order valence-electron chi connectivity index (χ1n) is 8.33. The zero-order chi connectivity index (χ0) is 17.4. The first-order valence-corrected chi connectivity index (χ1v) is 8.33. The Morgan fingerprint density at radius 2 is 1.71 bits per heavy atom. The Morgan fingerprint density at radius 1 is 1.00 bits per heavy atom. The summed E-state index contributed by atoms with van der Waals surface area (Å²) >= 11 is 0. The quantitative estimate of drug-likeness (QED) is 0.763. The molecule has 2 aromatic carbocycles. The summed E-state index contributed by atoms with van der Waals surface area (Å²) in [6, 6.07) is 14.9. The molecular formula is C20H24N2O2. The number of carbonyl (C=O) groups is 2. The van der Waals surface area contributed by atoms with Gasteiger partial charge in [-0.15, -0.1) is 0 Å². The average Bonchev–Trinajstić information content (AvgIpc) is 2.57. The van der Waals surface area contributed by atoms with Gasteiger partial charge in [-0.1, -0.05) is 49.7 Å². The van der Waals surface area contributed by atoms with Crippen LogP contribution in [0.15, 0.2) is 48.5 Å². The van der Waals surface area contributed by atoms with Crippen LogP contribution in [-0.4, -0.2) is 18.4 Å². The number of amides is 2. The number of para-hydroxylation sites is 1. The van der Waals surface area contributed by atoms with E-state index in [0.29, 0.717) is 24.2 Å². The van der Waals surface area contributed by atoms with Crippen molar-refractivity contribution in [2.75, 3.05) is 11.9 Å². The van der Waals surface area contributed by atoms with Crippen molar-refractivity contribution in [3.63, 3.8) is 0 Å². The number of hydrogen-bond donors (Lipinski definition) is 2. The largest absolute Gasteiger partial charge is 0.352 e. The van der Waals surface area contributed by atoms with E-state index in [1.807, 2.05) is 37.3 Å². The normalized spacial score (nSPS) is 10.2. The number of nitrogens with one attached hydrogen (secondary N) is 2. The van der Waals surface area contributed by atoms with Crippen molar-refractivity contribution in [3.05, 3.63) is 65.2 Å². The van der Waals surface area contributed by atoms with Crippen molar-refractivity contribution in [3.8, 4) is 0 Å². The number of unbranched alkanes of at least 4 members (excludes halogenated alkanes) is 1. The molecule has 0 aliphatic rings. The number of carbonyl (C=O) groups excluding carboxylic acids is 2. The van der Waals surface area contributed by atoms with Gasteiger partial charge in [-0.05, 0) is 36.6 Å². The lowest BCUT2D eigenvalue weighted by molar-refractivity contribution is -0.115. The minimum absolute atomic E-state index is 0.127. The number of benzene rings is 2. The van der Waals surface area contributed by atoms with Crippen LogP contribution in [0.4, 0.5) is 5.69 Å². The molecule has 4 nitrogen and oxygen atoms in total. The minimum Gasteiger partial charge on any atom is -0.352 e. The second kappa shape index (κ2) is 8.87. The molecule has 2 N–H and O–H groups in total. The molecule has 2 aromatic rings. The molecule has 2 amide bonds. The fourth-order valence-electron chi connectivity index (χ4n) is 2.44. The van der Waals surface area contributed by atoms with Crippen LogP contribution >= 0.6 is 0 Å². The maximum absolute atomic E-state index is 12.3. The Balaban J connectivity index is 2.05. The fourth-order valence-corrected chi connectivity index (χ4v) is 2.44. The molecule has 126 valence electrons. The smallest absolute Gasteiger partial charge is 0.253 e. The molecule has 0 unspecified atom stereocenters. The van der Waals surface area contributed by atoms with Crippen LogP contribution in [0.3, 0.4) is 0 Å². The molecule has 0 aromatic heterocycles. The van der Waals surface area contributed by atoms with Gasteiger partial charge in [-0.3, -0.25) is 9.59 Å². The number of anilines is 1. The second-order valence-electron chi connectivity index (χ2n) is 5.81. The SMILES string of the molecule is CCCCNC(=O)c1ccccc1NC(=O)Cc1ccccc1C. The predicted octanol–water partition coefficient (Wildman–Crippen LogP) is 3.71. The van der Waals surface area contributed by atoms with Gasteiger partial charge in [0.1, 0.15) is 0 Å². The topological polar surface area (TPSA) is 58.2 Å². The van der Waals surface area contributed by atoms with E-state index >= 15 is 0 Å². The molecular weight excluding hydrogens is 300 g/mol.